The Bertz CT molecular complexity index is 644. The van der Waals surface area contributed by atoms with Crippen molar-refractivity contribution in [2.45, 2.75) is 11.3 Å². The number of carbonyl (C=O) groups is 2. The maximum atomic E-state index is 12.3. The van der Waals surface area contributed by atoms with Gasteiger partial charge in [0, 0.05) is 6.54 Å². The zero-order valence-corrected chi connectivity index (χ0v) is 15.3. The van der Waals surface area contributed by atoms with Gasteiger partial charge in [-0.2, -0.15) is 0 Å². The van der Waals surface area contributed by atoms with Crippen LogP contribution in [0, 0.1) is 0 Å². The minimum atomic E-state index is -3.86. The summed E-state index contributed by atoms with van der Waals surface area (Å²) in [6.07, 6.45) is 0.594. The second kappa shape index (κ2) is 10.2. The number of hydrogen-bond donors (Lipinski definition) is 2. The molecule has 0 radical (unpaired) electrons. The molecule has 0 spiro atoms. The lowest BCUT2D eigenvalue weighted by Gasteiger charge is -2.10. The van der Waals surface area contributed by atoms with Gasteiger partial charge in [0.05, 0.1) is 30.2 Å². The van der Waals surface area contributed by atoms with Crippen LogP contribution in [0.5, 0.6) is 0 Å². The molecule has 0 saturated heterocycles. The van der Waals surface area contributed by atoms with Gasteiger partial charge < -0.3 is 14.8 Å². The molecule has 0 aliphatic carbocycles. The largest absolute Gasteiger partial charge is 0.465 e. The van der Waals surface area contributed by atoms with E-state index in [1.54, 1.807) is 7.05 Å². The molecule has 8 nitrogen and oxygen atoms in total. The monoisotopic (exact) mass is 380 g/mol. The van der Waals surface area contributed by atoms with Gasteiger partial charge in [-0.3, -0.25) is 0 Å². The Balaban J connectivity index is 0.00000529. The van der Waals surface area contributed by atoms with Gasteiger partial charge in [-0.05, 0) is 38.2 Å². The molecule has 136 valence electrons. The summed E-state index contributed by atoms with van der Waals surface area (Å²) < 4.78 is 36.1. The quantitative estimate of drug-likeness (QED) is 0.501. The summed E-state index contributed by atoms with van der Waals surface area (Å²) in [5.74, 6) is -1.50. The van der Waals surface area contributed by atoms with Crippen LogP contribution in [0.4, 0.5) is 0 Å². The fraction of sp³-hybridized carbons (Fsp3) is 0.429. The van der Waals surface area contributed by atoms with Crippen LogP contribution >= 0.6 is 12.4 Å². The van der Waals surface area contributed by atoms with Gasteiger partial charge >= 0.3 is 11.9 Å². The van der Waals surface area contributed by atoms with Gasteiger partial charge in [0.25, 0.3) is 0 Å². The molecule has 0 saturated carbocycles. The molecule has 0 aliphatic heterocycles. The number of hydrogen-bond acceptors (Lipinski definition) is 7. The second-order valence-electron chi connectivity index (χ2n) is 4.58. The maximum Gasteiger partial charge on any atom is 0.337 e. The summed E-state index contributed by atoms with van der Waals surface area (Å²) in [5, 5.41) is 2.90. The first kappa shape index (κ1) is 22.3. The number of rotatable bonds is 8. The molecule has 0 fully saturated rings. The van der Waals surface area contributed by atoms with E-state index in [1.165, 1.54) is 6.07 Å². The van der Waals surface area contributed by atoms with Crippen molar-refractivity contribution in [3.8, 4) is 0 Å². The van der Waals surface area contributed by atoms with E-state index in [4.69, 9.17) is 0 Å². The van der Waals surface area contributed by atoms with Crippen LogP contribution in [0.1, 0.15) is 27.1 Å². The topological polar surface area (TPSA) is 111 Å². The standard InChI is InChI=1S/C14H20N2O6S.ClH/c1-15-5-4-6-16-23(19,20)12-8-10(13(17)21-2)7-11(9-12)14(18)22-3;/h7-9,15-16H,4-6H2,1-3H3;1H. The minimum Gasteiger partial charge on any atom is -0.465 e. The number of benzene rings is 1. The Morgan fingerprint density at radius 3 is 1.92 bits per heavy atom. The average molecular weight is 381 g/mol. The number of esters is 2. The SMILES string of the molecule is CNCCCNS(=O)(=O)c1cc(C(=O)OC)cc(C(=O)OC)c1.Cl. The molecule has 1 aromatic rings. The number of halogens is 1. The summed E-state index contributed by atoms with van der Waals surface area (Å²) >= 11 is 0. The van der Waals surface area contributed by atoms with Crippen molar-refractivity contribution in [1.29, 1.82) is 0 Å². The number of sulfonamides is 1. The van der Waals surface area contributed by atoms with Crippen molar-refractivity contribution in [1.82, 2.24) is 10.0 Å². The number of methoxy groups -OCH3 is 2. The maximum absolute atomic E-state index is 12.3. The van der Waals surface area contributed by atoms with Crippen LogP contribution in [0.15, 0.2) is 23.1 Å². The van der Waals surface area contributed by atoms with E-state index >= 15 is 0 Å². The van der Waals surface area contributed by atoms with Crippen molar-refractivity contribution in [3.63, 3.8) is 0 Å². The van der Waals surface area contributed by atoms with Crippen molar-refractivity contribution in [2.75, 3.05) is 34.4 Å². The third kappa shape index (κ3) is 6.08. The van der Waals surface area contributed by atoms with E-state index in [1.807, 2.05) is 0 Å². The third-order valence-corrected chi connectivity index (χ3v) is 4.40. The highest BCUT2D eigenvalue weighted by atomic mass is 35.5. The molecule has 0 aromatic heterocycles. The number of carbonyl (C=O) groups excluding carboxylic acids is 2. The lowest BCUT2D eigenvalue weighted by atomic mass is 10.1. The summed E-state index contributed by atoms with van der Waals surface area (Å²) in [5.41, 5.74) is -0.100. The second-order valence-corrected chi connectivity index (χ2v) is 6.35. The smallest absolute Gasteiger partial charge is 0.337 e. The molecule has 1 aromatic carbocycles. The summed E-state index contributed by atoms with van der Waals surface area (Å²) in [7, 11) is 0.226. The molecule has 0 atom stereocenters. The van der Waals surface area contributed by atoms with Gasteiger partial charge in [0.15, 0.2) is 0 Å². The van der Waals surface area contributed by atoms with Crippen molar-refractivity contribution in [3.05, 3.63) is 29.3 Å². The summed E-state index contributed by atoms with van der Waals surface area (Å²) in [6, 6.07) is 3.52. The van der Waals surface area contributed by atoms with E-state index in [2.05, 4.69) is 19.5 Å². The molecule has 1 rings (SSSR count). The molecule has 0 unspecified atom stereocenters. The molecule has 0 aliphatic rings. The van der Waals surface area contributed by atoms with Crippen molar-refractivity contribution in [2.24, 2.45) is 0 Å². The van der Waals surface area contributed by atoms with Crippen LogP contribution in [-0.4, -0.2) is 54.7 Å². The Hall–Kier alpha value is -1.68. The molecule has 24 heavy (non-hydrogen) atoms. The van der Waals surface area contributed by atoms with E-state index in [0.29, 0.717) is 13.0 Å². The highest BCUT2D eigenvalue weighted by Gasteiger charge is 2.20. The van der Waals surface area contributed by atoms with Crippen LogP contribution < -0.4 is 10.0 Å². The molecule has 2 N–H and O–H groups in total. The van der Waals surface area contributed by atoms with E-state index in [9.17, 15) is 18.0 Å². The Morgan fingerprint density at radius 2 is 1.50 bits per heavy atom. The van der Waals surface area contributed by atoms with Gasteiger partial charge in [0.2, 0.25) is 10.0 Å². The van der Waals surface area contributed by atoms with Crippen LogP contribution in [0.25, 0.3) is 0 Å². The normalized spacial score (nSPS) is 10.6. The summed E-state index contributed by atoms with van der Waals surface area (Å²) in [6.45, 7) is 0.872. The minimum absolute atomic E-state index is 0. The molecular weight excluding hydrogens is 360 g/mol. The van der Waals surface area contributed by atoms with Gasteiger partial charge in [-0.1, -0.05) is 0 Å². The van der Waals surface area contributed by atoms with E-state index < -0.39 is 22.0 Å². The first-order valence-electron chi connectivity index (χ1n) is 6.81. The Labute approximate surface area is 147 Å². The Morgan fingerprint density at radius 1 is 1.00 bits per heavy atom. The zero-order valence-electron chi connectivity index (χ0n) is 13.6. The van der Waals surface area contributed by atoms with Gasteiger partial charge in [0.1, 0.15) is 0 Å². The number of ether oxygens (including phenoxy) is 2. The molecule has 0 heterocycles. The summed E-state index contributed by atoms with van der Waals surface area (Å²) in [4.78, 5) is 23.1. The van der Waals surface area contributed by atoms with Crippen LogP contribution in [0.3, 0.4) is 0 Å². The zero-order chi connectivity index (χ0) is 17.5. The average Bonchev–Trinajstić information content (AvgIpc) is 2.56. The van der Waals surface area contributed by atoms with Gasteiger partial charge in [-0.25, -0.2) is 22.7 Å². The Kier molecular flexibility index (Phi) is 9.52. The molecule has 0 amide bonds. The fourth-order valence-corrected chi connectivity index (χ4v) is 2.92. The molecule has 0 bridgehead atoms. The highest BCUT2D eigenvalue weighted by molar-refractivity contribution is 7.89. The highest BCUT2D eigenvalue weighted by Crippen LogP contribution is 2.17. The van der Waals surface area contributed by atoms with Crippen LogP contribution in [0.2, 0.25) is 0 Å². The van der Waals surface area contributed by atoms with E-state index in [-0.39, 0.29) is 35.0 Å². The molecule has 10 heteroatoms. The predicted molar refractivity (Wildman–Crippen MR) is 90.1 cm³/mol. The van der Waals surface area contributed by atoms with Crippen LogP contribution in [-0.2, 0) is 19.5 Å². The van der Waals surface area contributed by atoms with Gasteiger partial charge in [-0.15, -0.1) is 12.4 Å². The first-order chi connectivity index (χ1) is 10.9. The van der Waals surface area contributed by atoms with E-state index in [0.717, 1.165) is 26.4 Å². The first-order valence-corrected chi connectivity index (χ1v) is 8.30. The fourth-order valence-electron chi connectivity index (χ4n) is 1.78. The third-order valence-electron chi connectivity index (χ3n) is 2.95. The predicted octanol–water partition coefficient (Wildman–Crippen LogP) is 0.569. The molecular formula is C14H21ClN2O6S. The number of nitrogens with one attached hydrogen (secondary N) is 2. The van der Waals surface area contributed by atoms with Crippen molar-refractivity contribution >= 4 is 34.4 Å². The van der Waals surface area contributed by atoms with Crippen molar-refractivity contribution < 1.29 is 27.5 Å². The lowest BCUT2D eigenvalue weighted by Crippen LogP contribution is -2.27. The lowest BCUT2D eigenvalue weighted by molar-refractivity contribution is 0.0598.